The van der Waals surface area contributed by atoms with E-state index in [0.717, 1.165) is 33.8 Å². The average Bonchev–Trinajstić information content (AvgIpc) is 3.26. The fourth-order valence-electron chi connectivity index (χ4n) is 2.63. The lowest BCUT2D eigenvalue weighted by molar-refractivity contribution is -0.117. The molecule has 1 atom stereocenters. The Hall–Kier alpha value is -3.06. The SMILES string of the molecule is NC(=O)C(Sc1nnc(-c2c[nH]c3ccccc23)o1)c1ccccc1. The van der Waals surface area contributed by atoms with E-state index in [-0.39, 0.29) is 0 Å². The van der Waals surface area contributed by atoms with E-state index < -0.39 is 11.2 Å². The molecule has 0 aliphatic carbocycles. The quantitative estimate of drug-likeness (QED) is 0.537. The minimum absolute atomic E-state index is 0.299. The zero-order valence-corrected chi connectivity index (χ0v) is 13.9. The van der Waals surface area contributed by atoms with Gasteiger partial charge >= 0.3 is 0 Å². The number of hydrogen-bond donors (Lipinski definition) is 2. The third-order valence-corrected chi connectivity index (χ3v) is 4.91. The number of amides is 1. The molecule has 3 N–H and O–H groups in total. The number of para-hydroxylation sites is 1. The van der Waals surface area contributed by atoms with Crippen molar-refractivity contribution in [3.05, 3.63) is 66.4 Å². The van der Waals surface area contributed by atoms with Gasteiger partial charge in [-0.3, -0.25) is 4.79 Å². The molecule has 4 aromatic rings. The van der Waals surface area contributed by atoms with Gasteiger partial charge in [-0.1, -0.05) is 48.5 Å². The highest BCUT2D eigenvalue weighted by Gasteiger charge is 2.23. The number of nitrogens with one attached hydrogen (secondary N) is 1. The van der Waals surface area contributed by atoms with Crippen LogP contribution in [-0.2, 0) is 4.79 Å². The third-order valence-electron chi connectivity index (χ3n) is 3.81. The maximum Gasteiger partial charge on any atom is 0.277 e. The highest BCUT2D eigenvalue weighted by Crippen LogP contribution is 2.36. The van der Waals surface area contributed by atoms with Crippen molar-refractivity contribution in [2.45, 2.75) is 10.5 Å². The topological polar surface area (TPSA) is 97.8 Å². The lowest BCUT2D eigenvalue weighted by Gasteiger charge is -2.10. The molecule has 0 spiro atoms. The van der Waals surface area contributed by atoms with Gasteiger partial charge in [-0.25, -0.2) is 0 Å². The maximum atomic E-state index is 11.8. The van der Waals surface area contributed by atoms with Crippen molar-refractivity contribution in [1.82, 2.24) is 15.2 Å². The minimum Gasteiger partial charge on any atom is -0.411 e. The molecule has 0 bridgehead atoms. The molecule has 4 rings (SSSR count). The second-order valence-electron chi connectivity index (χ2n) is 5.43. The van der Waals surface area contributed by atoms with Gasteiger partial charge in [0, 0.05) is 17.1 Å². The molecule has 1 unspecified atom stereocenters. The molecule has 1 amide bonds. The Morgan fingerprint density at radius 2 is 1.84 bits per heavy atom. The van der Waals surface area contributed by atoms with E-state index in [1.807, 2.05) is 60.8 Å². The Morgan fingerprint density at radius 3 is 2.64 bits per heavy atom. The predicted molar refractivity (Wildman–Crippen MR) is 95.8 cm³/mol. The molecule has 0 saturated heterocycles. The number of fused-ring (bicyclic) bond motifs is 1. The number of carbonyl (C=O) groups is 1. The van der Waals surface area contributed by atoms with Crippen LogP contribution >= 0.6 is 11.8 Å². The van der Waals surface area contributed by atoms with E-state index in [9.17, 15) is 4.79 Å². The van der Waals surface area contributed by atoms with E-state index in [0.29, 0.717) is 11.1 Å². The van der Waals surface area contributed by atoms with E-state index in [4.69, 9.17) is 10.2 Å². The molecular weight excluding hydrogens is 336 g/mol. The normalized spacial score (nSPS) is 12.3. The van der Waals surface area contributed by atoms with Gasteiger partial charge in [0.15, 0.2) is 0 Å². The van der Waals surface area contributed by atoms with Crippen LogP contribution in [0, 0.1) is 0 Å². The predicted octanol–water partition coefficient (Wildman–Crippen LogP) is 3.54. The average molecular weight is 350 g/mol. The van der Waals surface area contributed by atoms with Crippen molar-refractivity contribution in [2.24, 2.45) is 5.73 Å². The summed E-state index contributed by atoms with van der Waals surface area (Å²) < 4.78 is 5.75. The number of primary amides is 1. The zero-order valence-electron chi connectivity index (χ0n) is 13.0. The molecule has 0 aliphatic heterocycles. The molecule has 25 heavy (non-hydrogen) atoms. The first-order valence-corrected chi connectivity index (χ1v) is 8.51. The number of nitrogens with two attached hydrogens (primary N) is 1. The second kappa shape index (κ2) is 6.45. The van der Waals surface area contributed by atoms with Crippen LogP contribution in [0.5, 0.6) is 0 Å². The van der Waals surface area contributed by atoms with Crippen molar-refractivity contribution >= 4 is 28.6 Å². The van der Waals surface area contributed by atoms with Gasteiger partial charge in [0.2, 0.25) is 5.91 Å². The van der Waals surface area contributed by atoms with E-state index in [1.165, 1.54) is 0 Å². The van der Waals surface area contributed by atoms with Crippen LogP contribution in [0.25, 0.3) is 22.4 Å². The van der Waals surface area contributed by atoms with Crippen LogP contribution in [0.15, 0.2) is 70.4 Å². The summed E-state index contributed by atoms with van der Waals surface area (Å²) in [4.78, 5) is 15.0. The number of aromatic nitrogens is 3. The number of rotatable bonds is 5. The summed E-state index contributed by atoms with van der Waals surface area (Å²) in [5, 5.41) is 8.87. The highest BCUT2D eigenvalue weighted by molar-refractivity contribution is 8.00. The van der Waals surface area contributed by atoms with Crippen molar-refractivity contribution in [1.29, 1.82) is 0 Å². The number of nitrogens with zero attached hydrogens (tertiary/aromatic N) is 2. The first kappa shape index (κ1) is 15.5. The number of benzene rings is 2. The molecule has 0 radical (unpaired) electrons. The highest BCUT2D eigenvalue weighted by atomic mass is 32.2. The summed E-state index contributed by atoms with van der Waals surface area (Å²) in [6.45, 7) is 0. The molecule has 0 aliphatic rings. The Morgan fingerprint density at radius 1 is 1.08 bits per heavy atom. The van der Waals surface area contributed by atoms with Gasteiger partial charge in [0.1, 0.15) is 5.25 Å². The van der Waals surface area contributed by atoms with Crippen LogP contribution in [0.4, 0.5) is 0 Å². The summed E-state index contributed by atoms with van der Waals surface area (Å²) in [6, 6.07) is 17.2. The monoisotopic (exact) mass is 350 g/mol. The Balaban J connectivity index is 1.64. The number of hydrogen-bond acceptors (Lipinski definition) is 5. The molecule has 2 aromatic carbocycles. The van der Waals surface area contributed by atoms with Crippen molar-refractivity contribution in [2.75, 3.05) is 0 Å². The molecule has 6 nitrogen and oxygen atoms in total. The molecule has 0 fully saturated rings. The maximum absolute atomic E-state index is 11.8. The molecule has 2 aromatic heterocycles. The molecular formula is C18H14N4O2S. The summed E-state index contributed by atoms with van der Waals surface area (Å²) in [5.41, 5.74) is 8.15. The summed E-state index contributed by atoms with van der Waals surface area (Å²) in [6.07, 6.45) is 1.83. The summed E-state index contributed by atoms with van der Waals surface area (Å²) in [7, 11) is 0. The van der Waals surface area contributed by atoms with Gasteiger partial charge in [-0.15, -0.1) is 10.2 Å². The zero-order chi connectivity index (χ0) is 17.2. The Labute approximate surface area is 147 Å². The smallest absolute Gasteiger partial charge is 0.277 e. The van der Waals surface area contributed by atoms with Gasteiger partial charge < -0.3 is 15.1 Å². The van der Waals surface area contributed by atoms with Crippen LogP contribution in [0.2, 0.25) is 0 Å². The van der Waals surface area contributed by atoms with Crippen LogP contribution in [-0.4, -0.2) is 21.1 Å². The van der Waals surface area contributed by atoms with Gasteiger partial charge in [0.25, 0.3) is 11.1 Å². The van der Waals surface area contributed by atoms with Crippen molar-refractivity contribution in [3.8, 4) is 11.5 Å². The van der Waals surface area contributed by atoms with Gasteiger partial charge in [0.05, 0.1) is 5.56 Å². The van der Waals surface area contributed by atoms with Crippen LogP contribution in [0.3, 0.4) is 0 Å². The van der Waals surface area contributed by atoms with Crippen molar-refractivity contribution < 1.29 is 9.21 Å². The Bertz CT molecular complexity index is 1030. The number of thioether (sulfide) groups is 1. The fraction of sp³-hybridized carbons (Fsp3) is 0.0556. The number of carbonyl (C=O) groups excluding carboxylic acids is 1. The fourth-order valence-corrected chi connectivity index (χ4v) is 3.46. The van der Waals surface area contributed by atoms with Crippen LogP contribution < -0.4 is 5.73 Å². The van der Waals surface area contributed by atoms with E-state index >= 15 is 0 Å². The Kier molecular flexibility index (Phi) is 3.99. The lowest BCUT2D eigenvalue weighted by Crippen LogP contribution is -2.18. The number of aromatic amines is 1. The number of H-pyrrole nitrogens is 1. The van der Waals surface area contributed by atoms with Crippen LogP contribution in [0.1, 0.15) is 10.8 Å². The molecule has 124 valence electrons. The van der Waals surface area contributed by atoms with Gasteiger partial charge in [-0.05, 0) is 23.4 Å². The molecule has 0 saturated carbocycles. The lowest BCUT2D eigenvalue weighted by atomic mass is 10.1. The second-order valence-corrected chi connectivity index (χ2v) is 6.49. The first-order valence-electron chi connectivity index (χ1n) is 7.63. The van der Waals surface area contributed by atoms with E-state index in [1.54, 1.807) is 0 Å². The summed E-state index contributed by atoms with van der Waals surface area (Å²) in [5.74, 6) is -0.0562. The summed E-state index contributed by atoms with van der Waals surface area (Å²) >= 11 is 1.15. The first-order chi connectivity index (χ1) is 12.2. The minimum atomic E-state index is -0.586. The third kappa shape index (κ3) is 3.01. The van der Waals surface area contributed by atoms with Crippen molar-refractivity contribution in [3.63, 3.8) is 0 Å². The standard InChI is InChI=1S/C18H14N4O2S/c19-16(23)15(11-6-2-1-3-7-11)25-18-22-21-17(24-18)13-10-20-14-9-5-4-8-12(13)14/h1-10,15,20H,(H2,19,23). The molecule has 2 heterocycles. The van der Waals surface area contributed by atoms with Gasteiger partial charge in [-0.2, -0.15) is 0 Å². The molecule has 7 heteroatoms. The largest absolute Gasteiger partial charge is 0.411 e. The van der Waals surface area contributed by atoms with E-state index in [2.05, 4.69) is 15.2 Å².